The van der Waals surface area contributed by atoms with E-state index in [9.17, 15) is 9.59 Å². The Kier molecular flexibility index (Phi) is 6.40. The van der Waals surface area contributed by atoms with E-state index in [0.29, 0.717) is 45.3 Å². The molecule has 1 fully saturated rings. The third kappa shape index (κ3) is 5.56. The fourth-order valence-corrected chi connectivity index (χ4v) is 3.52. The molecule has 1 unspecified atom stereocenters. The predicted molar refractivity (Wildman–Crippen MR) is 111 cm³/mol. The Morgan fingerprint density at radius 1 is 1.27 bits per heavy atom. The standard InChI is InChI=1S/C22H29N5O3/c1-5-6-11-22(24-25-22)12-10-19(28)27-15-14-26(20(29)30-21(2,3)4)16-18(27)17-9-7-8-13-23-17/h1,7-9,13,18H,6,10-12,14-16H2,2-4H3. The lowest BCUT2D eigenvalue weighted by atomic mass is 10.0. The van der Waals surface area contributed by atoms with E-state index in [1.165, 1.54) is 0 Å². The van der Waals surface area contributed by atoms with Gasteiger partial charge in [0.05, 0.1) is 18.3 Å². The van der Waals surface area contributed by atoms with E-state index < -0.39 is 11.3 Å². The molecule has 0 saturated carbocycles. The molecule has 0 N–H and O–H groups in total. The van der Waals surface area contributed by atoms with Gasteiger partial charge in [-0.1, -0.05) is 6.07 Å². The summed E-state index contributed by atoms with van der Waals surface area (Å²) in [5.41, 5.74) is -0.308. The summed E-state index contributed by atoms with van der Waals surface area (Å²) in [6.07, 6.45) is 8.80. The SMILES string of the molecule is C#CCCC1(CCC(=O)N2CCN(C(=O)OC(C)(C)C)CC2c2ccccn2)N=N1. The van der Waals surface area contributed by atoms with Crippen LogP contribution in [0.4, 0.5) is 4.79 Å². The zero-order valence-electron chi connectivity index (χ0n) is 17.9. The van der Waals surface area contributed by atoms with Crippen molar-refractivity contribution in [1.82, 2.24) is 14.8 Å². The first-order valence-corrected chi connectivity index (χ1v) is 10.3. The zero-order valence-corrected chi connectivity index (χ0v) is 17.9. The van der Waals surface area contributed by atoms with Crippen LogP contribution in [0.15, 0.2) is 34.6 Å². The Bertz CT molecular complexity index is 835. The number of ether oxygens (including phenoxy) is 1. The molecule has 0 bridgehead atoms. The van der Waals surface area contributed by atoms with Crippen LogP contribution in [0.25, 0.3) is 0 Å². The number of carbonyl (C=O) groups excluding carboxylic acids is 2. The Balaban J connectivity index is 1.68. The third-order valence-corrected chi connectivity index (χ3v) is 5.17. The van der Waals surface area contributed by atoms with Crippen LogP contribution in [0.2, 0.25) is 0 Å². The second-order valence-corrected chi connectivity index (χ2v) is 8.67. The average Bonchev–Trinajstić information content (AvgIpc) is 3.50. The van der Waals surface area contributed by atoms with Crippen LogP contribution in [0.5, 0.6) is 0 Å². The number of piperazine rings is 1. The van der Waals surface area contributed by atoms with Gasteiger partial charge in [-0.3, -0.25) is 9.78 Å². The molecule has 1 saturated heterocycles. The molecule has 0 aliphatic carbocycles. The lowest BCUT2D eigenvalue weighted by Gasteiger charge is -2.41. The van der Waals surface area contributed by atoms with Crippen LogP contribution >= 0.6 is 0 Å². The van der Waals surface area contributed by atoms with E-state index >= 15 is 0 Å². The highest BCUT2D eigenvalue weighted by Gasteiger charge is 2.41. The molecule has 2 aliphatic rings. The molecule has 3 heterocycles. The fraction of sp³-hybridized carbons (Fsp3) is 0.591. The summed E-state index contributed by atoms with van der Waals surface area (Å²) >= 11 is 0. The highest BCUT2D eigenvalue weighted by molar-refractivity contribution is 5.77. The molecule has 2 amide bonds. The zero-order chi connectivity index (χ0) is 21.8. The van der Waals surface area contributed by atoms with Crippen molar-refractivity contribution in [2.24, 2.45) is 10.2 Å². The average molecular weight is 412 g/mol. The maximum Gasteiger partial charge on any atom is 0.410 e. The van der Waals surface area contributed by atoms with Crippen LogP contribution in [-0.2, 0) is 9.53 Å². The van der Waals surface area contributed by atoms with Gasteiger partial charge in [0.2, 0.25) is 5.91 Å². The van der Waals surface area contributed by atoms with E-state index in [4.69, 9.17) is 11.2 Å². The fourth-order valence-electron chi connectivity index (χ4n) is 3.52. The van der Waals surface area contributed by atoms with Gasteiger partial charge in [0.25, 0.3) is 0 Å². The van der Waals surface area contributed by atoms with Crippen molar-refractivity contribution in [3.8, 4) is 12.3 Å². The summed E-state index contributed by atoms with van der Waals surface area (Å²) in [6.45, 7) is 6.70. The van der Waals surface area contributed by atoms with E-state index in [1.54, 1.807) is 16.0 Å². The van der Waals surface area contributed by atoms with Gasteiger partial charge < -0.3 is 14.5 Å². The molecule has 1 atom stereocenters. The predicted octanol–water partition coefficient (Wildman–Crippen LogP) is 3.56. The van der Waals surface area contributed by atoms with Gasteiger partial charge in [-0.2, -0.15) is 10.2 Å². The first-order valence-electron chi connectivity index (χ1n) is 10.3. The Labute approximate surface area is 177 Å². The van der Waals surface area contributed by atoms with Crippen molar-refractivity contribution in [3.05, 3.63) is 30.1 Å². The van der Waals surface area contributed by atoms with E-state index in [1.807, 2.05) is 39.0 Å². The molecule has 0 radical (unpaired) electrons. The number of hydrogen-bond acceptors (Lipinski definition) is 6. The van der Waals surface area contributed by atoms with Crippen LogP contribution in [-0.4, -0.2) is 57.7 Å². The summed E-state index contributed by atoms with van der Waals surface area (Å²) in [5, 5.41) is 8.22. The summed E-state index contributed by atoms with van der Waals surface area (Å²) in [7, 11) is 0. The van der Waals surface area contributed by atoms with Crippen molar-refractivity contribution < 1.29 is 14.3 Å². The van der Waals surface area contributed by atoms with Crippen LogP contribution in [0.1, 0.15) is 58.2 Å². The molecule has 1 aromatic rings. The van der Waals surface area contributed by atoms with Crippen LogP contribution in [0.3, 0.4) is 0 Å². The molecular weight excluding hydrogens is 382 g/mol. The number of amides is 2. The van der Waals surface area contributed by atoms with Gasteiger partial charge in [-0.25, -0.2) is 4.79 Å². The maximum absolute atomic E-state index is 13.1. The van der Waals surface area contributed by atoms with Crippen molar-refractivity contribution in [2.45, 2.75) is 63.8 Å². The molecule has 1 aromatic heterocycles. The van der Waals surface area contributed by atoms with Crippen LogP contribution < -0.4 is 0 Å². The lowest BCUT2D eigenvalue weighted by molar-refractivity contribution is -0.136. The molecule has 30 heavy (non-hydrogen) atoms. The summed E-state index contributed by atoms with van der Waals surface area (Å²) in [5.74, 6) is 2.61. The highest BCUT2D eigenvalue weighted by atomic mass is 16.6. The lowest BCUT2D eigenvalue weighted by Crippen LogP contribution is -2.53. The topological polar surface area (TPSA) is 87.5 Å². The number of aromatic nitrogens is 1. The molecule has 0 spiro atoms. The molecule has 2 aliphatic heterocycles. The number of hydrogen-bond donors (Lipinski definition) is 0. The Morgan fingerprint density at radius 3 is 2.63 bits per heavy atom. The van der Waals surface area contributed by atoms with Crippen molar-refractivity contribution >= 4 is 12.0 Å². The van der Waals surface area contributed by atoms with Gasteiger partial charge in [0.1, 0.15) is 5.60 Å². The normalized spacial score (nSPS) is 19.9. The van der Waals surface area contributed by atoms with Gasteiger partial charge in [0, 0.05) is 45.0 Å². The molecule has 0 aromatic carbocycles. The molecule has 160 valence electrons. The second kappa shape index (κ2) is 8.82. The van der Waals surface area contributed by atoms with Crippen molar-refractivity contribution in [1.29, 1.82) is 0 Å². The van der Waals surface area contributed by atoms with E-state index in [-0.39, 0.29) is 18.0 Å². The maximum atomic E-state index is 13.1. The number of pyridine rings is 1. The number of carbonyl (C=O) groups is 2. The summed E-state index contributed by atoms with van der Waals surface area (Å²) < 4.78 is 5.52. The molecule has 3 rings (SSSR count). The second-order valence-electron chi connectivity index (χ2n) is 8.67. The Morgan fingerprint density at radius 2 is 2.03 bits per heavy atom. The largest absolute Gasteiger partial charge is 0.444 e. The first-order chi connectivity index (χ1) is 14.2. The van der Waals surface area contributed by atoms with Crippen molar-refractivity contribution in [2.75, 3.05) is 19.6 Å². The van der Waals surface area contributed by atoms with E-state index in [2.05, 4.69) is 21.1 Å². The van der Waals surface area contributed by atoms with Gasteiger partial charge in [-0.05, 0) is 32.9 Å². The van der Waals surface area contributed by atoms with Crippen molar-refractivity contribution in [3.63, 3.8) is 0 Å². The number of rotatable bonds is 6. The first kappa shape index (κ1) is 21.8. The van der Waals surface area contributed by atoms with Crippen LogP contribution in [0, 0.1) is 12.3 Å². The van der Waals surface area contributed by atoms with Gasteiger partial charge >= 0.3 is 6.09 Å². The minimum Gasteiger partial charge on any atom is -0.444 e. The summed E-state index contributed by atoms with van der Waals surface area (Å²) in [6, 6.07) is 5.27. The number of terminal acetylenes is 1. The number of nitrogens with zero attached hydrogens (tertiary/aromatic N) is 5. The van der Waals surface area contributed by atoms with Gasteiger partial charge in [0.15, 0.2) is 5.66 Å². The van der Waals surface area contributed by atoms with E-state index in [0.717, 1.165) is 5.69 Å². The molecule has 8 nitrogen and oxygen atoms in total. The Hall–Kier alpha value is -2.95. The molecule has 8 heteroatoms. The smallest absolute Gasteiger partial charge is 0.410 e. The van der Waals surface area contributed by atoms with Gasteiger partial charge in [-0.15, -0.1) is 12.3 Å². The quantitative estimate of drug-likeness (QED) is 0.670. The minimum absolute atomic E-state index is 0.00637. The molecular formula is C22H29N5O3. The monoisotopic (exact) mass is 411 g/mol. The summed E-state index contributed by atoms with van der Waals surface area (Å²) in [4.78, 5) is 33.5. The highest BCUT2D eigenvalue weighted by Crippen LogP contribution is 2.38. The minimum atomic E-state index is -0.575. The third-order valence-electron chi connectivity index (χ3n) is 5.17.